The van der Waals surface area contributed by atoms with E-state index in [1.54, 1.807) is 36.8 Å². The number of nitrogens with zero attached hydrogens (tertiary/aromatic N) is 2. The van der Waals surface area contributed by atoms with Crippen LogP contribution in [0.3, 0.4) is 0 Å². The smallest absolute Gasteiger partial charge is 0.338 e. The second-order valence-corrected chi connectivity index (χ2v) is 6.34. The van der Waals surface area contributed by atoms with Gasteiger partial charge in [-0.2, -0.15) is 0 Å². The number of hydrogen-bond donors (Lipinski definition) is 0. The van der Waals surface area contributed by atoms with Crippen LogP contribution in [0.1, 0.15) is 34.1 Å². The molecule has 3 aromatic rings. The molecule has 0 saturated heterocycles. The molecule has 0 amide bonds. The molecule has 140 valence electrons. The third kappa shape index (κ3) is 3.69. The Bertz CT molecular complexity index is 1070. The minimum absolute atomic E-state index is 0.114. The number of hydrogen-bond acceptors (Lipinski definition) is 5. The molecule has 0 aliphatic rings. The molecule has 0 unspecified atom stereocenters. The van der Waals surface area contributed by atoms with E-state index in [1.807, 2.05) is 32.0 Å². The summed E-state index contributed by atoms with van der Waals surface area (Å²) < 4.78 is 12.4. The Labute approximate surface area is 157 Å². The van der Waals surface area contributed by atoms with E-state index < -0.39 is 5.97 Å². The third-order valence-electron chi connectivity index (χ3n) is 4.46. The minimum atomic E-state index is -0.450. The van der Waals surface area contributed by atoms with Gasteiger partial charge in [-0.3, -0.25) is 4.79 Å². The molecule has 2 aromatic carbocycles. The molecule has 0 N–H and O–H groups in total. The van der Waals surface area contributed by atoms with Gasteiger partial charge in [-0.15, -0.1) is 0 Å². The van der Waals surface area contributed by atoms with Crippen molar-refractivity contribution in [3.05, 3.63) is 69.1 Å². The summed E-state index contributed by atoms with van der Waals surface area (Å²) in [4.78, 5) is 29.0. The molecule has 0 atom stereocenters. The first-order chi connectivity index (χ1) is 12.9. The van der Waals surface area contributed by atoms with Crippen molar-refractivity contribution < 1.29 is 14.3 Å². The largest absolute Gasteiger partial charge is 0.496 e. The zero-order valence-electron chi connectivity index (χ0n) is 15.9. The van der Waals surface area contributed by atoms with Crippen LogP contribution >= 0.6 is 0 Å². The number of esters is 1. The van der Waals surface area contributed by atoms with Gasteiger partial charge >= 0.3 is 5.97 Å². The summed E-state index contributed by atoms with van der Waals surface area (Å²) in [5.41, 5.74) is 3.83. The van der Waals surface area contributed by atoms with E-state index in [9.17, 15) is 9.59 Å². The van der Waals surface area contributed by atoms with Crippen LogP contribution in [0.2, 0.25) is 0 Å². The Balaban J connectivity index is 1.87. The van der Waals surface area contributed by atoms with Gasteiger partial charge in [-0.05, 0) is 51.1 Å². The second-order valence-electron chi connectivity index (χ2n) is 6.34. The summed E-state index contributed by atoms with van der Waals surface area (Å²) >= 11 is 0. The molecular weight excluding hydrogens is 344 g/mol. The standard InChI is InChI=1S/C21H22N2O4/c1-5-23-18-8-7-15(11-17(18)22-14(3)20(23)24)21(25)27-12-16-10-13(2)6-9-19(16)26-4/h6-11H,5,12H2,1-4H3. The van der Waals surface area contributed by atoms with Gasteiger partial charge < -0.3 is 14.0 Å². The topological polar surface area (TPSA) is 70.4 Å². The van der Waals surface area contributed by atoms with E-state index in [-0.39, 0.29) is 12.2 Å². The van der Waals surface area contributed by atoms with Gasteiger partial charge in [0, 0.05) is 12.1 Å². The zero-order chi connectivity index (χ0) is 19.6. The van der Waals surface area contributed by atoms with Crippen molar-refractivity contribution in [2.45, 2.75) is 33.9 Å². The van der Waals surface area contributed by atoms with Crippen molar-refractivity contribution in [2.75, 3.05) is 7.11 Å². The highest BCUT2D eigenvalue weighted by Gasteiger charge is 2.13. The van der Waals surface area contributed by atoms with E-state index in [0.717, 1.165) is 11.1 Å². The first-order valence-electron chi connectivity index (χ1n) is 8.76. The van der Waals surface area contributed by atoms with E-state index in [4.69, 9.17) is 9.47 Å². The number of fused-ring (bicyclic) bond motifs is 1. The normalized spacial score (nSPS) is 10.8. The molecule has 6 nitrogen and oxygen atoms in total. The number of benzene rings is 2. The lowest BCUT2D eigenvalue weighted by molar-refractivity contribution is 0.0470. The van der Waals surface area contributed by atoms with Gasteiger partial charge in [0.05, 0.1) is 23.7 Å². The minimum Gasteiger partial charge on any atom is -0.496 e. The van der Waals surface area contributed by atoms with Crippen LogP contribution < -0.4 is 10.3 Å². The maximum atomic E-state index is 12.5. The summed E-state index contributed by atoms with van der Waals surface area (Å²) in [6.45, 7) is 6.19. The van der Waals surface area contributed by atoms with Crippen LogP contribution in [-0.2, 0) is 17.9 Å². The molecule has 0 aliphatic heterocycles. The molecule has 3 rings (SSSR count). The average molecular weight is 366 g/mol. The van der Waals surface area contributed by atoms with Gasteiger partial charge in [0.1, 0.15) is 18.1 Å². The Hall–Kier alpha value is -3.15. The summed E-state index contributed by atoms with van der Waals surface area (Å²) in [7, 11) is 1.58. The highest BCUT2D eigenvalue weighted by molar-refractivity contribution is 5.93. The molecule has 0 aliphatic carbocycles. The lowest BCUT2D eigenvalue weighted by Crippen LogP contribution is -2.23. The maximum absolute atomic E-state index is 12.5. The van der Waals surface area contributed by atoms with E-state index in [1.165, 1.54) is 0 Å². The molecule has 1 heterocycles. The molecule has 0 fully saturated rings. The number of aryl methyl sites for hydroxylation is 3. The predicted molar refractivity (Wildman–Crippen MR) is 103 cm³/mol. The molecule has 27 heavy (non-hydrogen) atoms. The maximum Gasteiger partial charge on any atom is 0.338 e. The second kappa shape index (κ2) is 7.61. The van der Waals surface area contributed by atoms with Gasteiger partial charge in [0.25, 0.3) is 5.56 Å². The molecule has 0 saturated carbocycles. The number of aromatic nitrogens is 2. The Morgan fingerprint density at radius 2 is 1.93 bits per heavy atom. The first-order valence-corrected chi connectivity index (χ1v) is 8.76. The Kier molecular flexibility index (Phi) is 5.26. The monoisotopic (exact) mass is 366 g/mol. The molecule has 0 spiro atoms. The van der Waals surface area contributed by atoms with Crippen molar-refractivity contribution >= 4 is 17.0 Å². The lowest BCUT2D eigenvalue weighted by Gasteiger charge is -2.12. The van der Waals surface area contributed by atoms with Crippen molar-refractivity contribution in [3.8, 4) is 5.75 Å². The Morgan fingerprint density at radius 1 is 1.15 bits per heavy atom. The summed E-state index contributed by atoms with van der Waals surface area (Å²) in [5, 5.41) is 0. The molecule has 0 bridgehead atoms. The van der Waals surface area contributed by atoms with Crippen LogP contribution in [0.4, 0.5) is 0 Å². The van der Waals surface area contributed by atoms with Crippen LogP contribution in [0.5, 0.6) is 5.75 Å². The third-order valence-corrected chi connectivity index (χ3v) is 4.46. The van der Waals surface area contributed by atoms with E-state index in [2.05, 4.69) is 4.98 Å². The Morgan fingerprint density at radius 3 is 2.63 bits per heavy atom. The first kappa shape index (κ1) is 18.6. The molecular formula is C21H22N2O4. The zero-order valence-corrected chi connectivity index (χ0v) is 15.9. The van der Waals surface area contributed by atoms with Gasteiger partial charge in [-0.25, -0.2) is 9.78 Å². The van der Waals surface area contributed by atoms with Crippen molar-refractivity contribution in [1.82, 2.24) is 9.55 Å². The highest BCUT2D eigenvalue weighted by Crippen LogP contribution is 2.21. The SMILES string of the molecule is CCn1c(=O)c(C)nc2cc(C(=O)OCc3cc(C)ccc3OC)ccc21. The fourth-order valence-electron chi connectivity index (χ4n) is 3.06. The fourth-order valence-corrected chi connectivity index (χ4v) is 3.06. The fraction of sp³-hybridized carbons (Fsp3) is 0.286. The van der Waals surface area contributed by atoms with Crippen molar-refractivity contribution in [1.29, 1.82) is 0 Å². The molecule has 0 radical (unpaired) electrons. The number of ether oxygens (including phenoxy) is 2. The number of methoxy groups -OCH3 is 1. The lowest BCUT2D eigenvalue weighted by atomic mass is 10.1. The van der Waals surface area contributed by atoms with Gasteiger partial charge in [0.2, 0.25) is 0 Å². The number of carbonyl (C=O) groups excluding carboxylic acids is 1. The van der Waals surface area contributed by atoms with Gasteiger partial charge in [-0.1, -0.05) is 11.6 Å². The summed E-state index contributed by atoms with van der Waals surface area (Å²) in [6.07, 6.45) is 0. The van der Waals surface area contributed by atoms with Crippen LogP contribution in [-0.4, -0.2) is 22.6 Å². The van der Waals surface area contributed by atoms with Crippen LogP contribution in [0.15, 0.2) is 41.2 Å². The van der Waals surface area contributed by atoms with Gasteiger partial charge in [0.15, 0.2) is 0 Å². The molecule has 1 aromatic heterocycles. The van der Waals surface area contributed by atoms with Crippen molar-refractivity contribution in [2.24, 2.45) is 0 Å². The summed E-state index contributed by atoms with van der Waals surface area (Å²) in [6, 6.07) is 10.8. The van der Waals surface area contributed by atoms with E-state index in [0.29, 0.717) is 34.6 Å². The quantitative estimate of drug-likeness (QED) is 0.647. The number of rotatable bonds is 5. The van der Waals surface area contributed by atoms with E-state index >= 15 is 0 Å². The average Bonchev–Trinajstić information content (AvgIpc) is 2.67. The van der Waals surface area contributed by atoms with Crippen molar-refractivity contribution in [3.63, 3.8) is 0 Å². The predicted octanol–water partition coefficient (Wildman–Crippen LogP) is 3.40. The molecule has 6 heteroatoms. The number of carbonyl (C=O) groups is 1. The van der Waals surface area contributed by atoms with Crippen LogP contribution in [0, 0.1) is 13.8 Å². The highest BCUT2D eigenvalue weighted by atomic mass is 16.5. The summed E-state index contributed by atoms with van der Waals surface area (Å²) in [5.74, 6) is 0.227. The van der Waals surface area contributed by atoms with Crippen LogP contribution in [0.25, 0.3) is 11.0 Å².